The predicted octanol–water partition coefficient (Wildman–Crippen LogP) is 4.78. The highest BCUT2D eigenvalue weighted by atomic mass is 19.3. The molecule has 0 amide bonds. The molecule has 0 spiro atoms. The molecular weight excluding hydrogens is 272 g/mol. The van der Waals surface area contributed by atoms with Crippen LogP contribution in [-0.2, 0) is 0 Å². The van der Waals surface area contributed by atoms with Crippen LogP contribution in [0.1, 0.15) is 17.3 Å². The standard InChI is InChI=1S/C10H4F8/c11-3-1-4(7(13)9(15)16)6(5(12)2-3)8(14)10(17)18/h1-2,7,9H. The van der Waals surface area contributed by atoms with Gasteiger partial charge in [-0.25, -0.2) is 26.3 Å². The van der Waals surface area contributed by atoms with E-state index in [1.54, 1.807) is 0 Å². The summed E-state index contributed by atoms with van der Waals surface area (Å²) in [5.41, 5.74) is -3.21. The summed E-state index contributed by atoms with van der Waals surface area (Å²) >= 11 is 0. The lowest BCUT2D eigenvalue weighted by atomic mass is 10.0. The van der Waals surface area contributed by atoms with Crippen LogP contribution in [0, 0.1) is 11.6 Å². The van der Waals surface area contributed by atoms with Crippen LogP contribution >= 0.6 is 0 Å². The van der Waals surface area contributed by atoms with Gasteiger partial charge in [0.25, 0.3) is 6.43 Å². The highest BCUT2D eigenvalue weighted by molar-refractivity contribution is 5.64. The largest absolute Gasteiger partial charge is 0.306 e. The summed E-state index contributed by atoms with van der Waals surface area (Å²) in [5, 5.41) is 0. The second-order valence-corrected chi connectivity index (χ2v) is 3.16. The average molecular weight is 276 g/mol. The third-order valence-corrected chi connectivity index (χ3v) is 1.99. The molecule has 0 aliphatic heterocycles. The molecule has 100 valence electrons. The molecule has 1 aromatic rings. The normalized spacial score (nSPS) is 12.7. The fourth-order valence-electron chi connectivity index (χ4n) is 1.27. The molecular formula is C10H4F8. The number of alkyl halides is 3. The minimum absolute atomic E-state index is 0.0143. The van der Waals surface area contributed by atoms with Crippen LogP contribution in [-0.4, -0.2) is 6.43 Å². The van der Waals surface area contributed by atoms with Crippen LogP contribution in [0.4, 0.5) is 35.1 Å². The zero-order chi connectivity index (χ0) is 14.0. The minimum atomic E-state index is -3.74. The lowest BCUT2D eigenvalue weighted by Crippen LogP contribution is -2.08. The van der Waals surface area contributed by atoms with Crippen LogP contribution in [0.5, 0.6) is 0 Å². The van der Waals surface area contributed by atoms with Crippen molar-refractivity contribution < 1.29 is 35.1 Å². The summed E-state index contributed by atoms with van der Waals surface area (Å²) in [4.78, 5) is 0. The summed E-state index contributed by atoms with van der Waals surface area (Å²) in [6.07, 6.45) is -10.0. The smallest absolute Gasteiger partial charge is 0.236 e. The van der Waals surface area contributed by atoms with Crippen molar-refractivity contribution in [2.24, 2.45) is 0 Å². The van der Waals surface area contributed by atoms with E-state index in [-0.39, 0.29) is 12.1 Å². The van der Waals surface area contributed by atoms with Gasteiger partial charge in [-0.2, -0.15) is 8.78 Å². The molecule has 0 aliphatic carbocycles. The quantitative estimate of drug-likeness (QED) is 0.697. The lowest BCUT2D eigenvalue weighted by Gasteiger charge is -2.12. The maximum absolute atomic E-state index is 13.1. The van der Waals surface area contributed by atoms with E-state index in [2.05, 4.69) is 0 Å². The third kappa shape index (κ3) is 2.80. The first-order chi connectivity index (χ1) is 8.25. The van der Waals surface area contributed by atoms with Crippen molar-refractivity contribution in [1.82, 2.24) is 0 Å². The van der Waals surface area contributed by atoms with Crippen LogP contribution in [0.25, 0.3) is 5.83 Å². The SMILES string of the molecule is FC(F)=C(F)c1c(F)cc(F)cc1C(F)C(F)F. The van der Waals surface area contributed by atoms with Crippen molar-refractivity contribution in [1.29, 1.82) is 0 Å². The van der Waals surface area contributed by atoms with E-state index < -0.39 is 47.3 Å². The van der Waals surface area contributed by atoms with Crippen LogP contribution in [0.3, 0.4) is 0 Å². The first kappa shape index (κ1) is 14.5. The topological polar surface area (TPSA) is 0 Å². The number of benzene rings is 1. The Balaban J connectivity index is 3.54. The maximum atomic E-state index is 13.1. The van der Waals surface area contributed by atoms with Gasteiger partial charge in [0.2, 0.25) is 0 Å². The Labute approximate surface area is 95.5 Å². The molecule has 18 heavy (non-hydrogen) atoms. The zero-order valence-electron chi connectivity index (χ0n) is 8.33. The molecule has 1 aromatic carbocycles. The molecule has 0 aromatic heterocycles. The first-order valence-electron chi connectivity index (χ1n) is 4.38. The molecule has 0 N–H and O–H groups in total. The monoisotopic (exact) mass is 276 g/mol. The van der Waals surface area contributed by atoms with Gasteiger partial charge in [0.1, 0.15) is 11.6 Å². The lowest BCUT2D eigenvalue weighted by molar-refractivity contribution is 0.0490. The number of rotatable bonds is 3. The Morgan fingerprint density at radius 3 is 1.94 bits per heavy atom. The number of hydrogen-bond acceptors (Lipinski definition) is 0. The summed E-state index contributed by atoms with van der Waals surface area (Å²) < 4.78 is 99.8. The first-order valence-corrected chi connectivity index (χ1v) is 4.38. The number of hydrogen-bond donors (Lipinski definition) is 0. The number of halogens is 8. The van der Waals surface area contributed by atoms with Gasteiger partial charge < -0.3 is 0 Å². The Kier molecular flexibility index (Phi) is 4.31. The average Bonchev–Trinajstić information content (AvgIpc) is 2.25. The zero-order valence-corrected chi connectivity index (χ0v) is 8.33. The van der Waals surface area contributed by atoms with Gasteiger partial charge in [-0.1, -0.05) is 0 Å². The van der Waals surface area contributed by atoms with E-state index in [1.165, 1.54) is 0 Å². The van der Waals surface area contributed by atoms with Crippen LogP contribution in [0.15, 0.2) is 18.2 Å². The van der Waals surface area contributed by atoms with E-state index in [1.807, 2.05) is 0 Å². The van der Waals surface area contributed by atoms with Gasteiger partial charge in [0.05, 0.1) is 5.56 Å². The maximum Gasteiger partial charge on any atom is 0.306 e. The van der Waals surface area contributed by atoms with Crippen molar-refractivity contribution in [3.05, 3.63) is 41.0 Å². The molecule has 0 radical (unpaired) electrons. The second-order valence-electron chi connectivity index (χ2n) is 3.16. The van der Waals surface area contributed by atoms with Gasteiger partial charge >= 0.3 is 6.08 Å². The van der Waals surface area contributed by atoms with Crippen molar-refractivity contribution in [3.63, 3.8) is 0 Å². The Bertz CT molecular complexity index is 475. The van der Waals surface area contributed by atoms with Gasteiger partial charge in [-0.15, -0.1) is 0 Å². The molecule has 0 fully saturated rings. The van der Waals surface area contributed by atoms with Crippen LogP contribution in [0.2, 0.25) is 0 Å². The molecule has 0 aliphatic rings. The van der Waals surface area contributed by atoms with E-state index in [4.69, 9.17) is 0 Å². The summed E-state index contributed by atoms with van der Waals surface area (Å²) in [6.45, 7) is 0. The van der Waals surface area contributed by atoms with Crippen molar-refractivity contribution in [2.45, 2.75) is 12.6 Å². The molecule has 0 heterocycles. The summed E-state index contributed by atoms with van der Waals surface area (Å²) in [6, 6.07) is 0.0251. The van der Waals surface area contributed by atoms with Crippen molar-refractivity contribution in [2.75, 3.05) is 0 Å². The fraction of sp³-hybridized carbons (Fsp3) is 0.200. The Morgan fingerprint density at radius 1 is 0.944 bits per heavy atom. The van der Waals surface area contributed by atoms with Gasteiger partial charge in [-0.3, -0.25) is 0 Å². The fourth-order valence-corrected chi connectivity index (χ4v) is 1.27. The highest BCUT2D eigenvalue weighted by Crippen LogP contribution is 2.36. The van der Waals surface area contributed by atoms with Gasteiger partial charge in [0, 0.05) is 11.6 Å². The molecule has 1 unspecified atom stereocenters. The van der Waals surface area contributed by atoms with Gasteiger partial charge in [0.15, 0.2) is 12.0 Å². The van der Waals surface area contributed by atoms with E-state index in [0.29, 0.717) is 0 Å². The molecule has 0 saturated carbocycles. The molecule has 0 saturated heterocycles. The molecule has 1 atom stereocenters. The van der Waals surface area contributed by atoms with Gasteiger partial charge in [-0.05, 0) is 6.07 Å². The summed E-state index contributed by atoms with van der Waals surface area (Å²) in [7, 11) is 0. The van der Waals surface area contributed by atoms with E-state index in [9.17, 15) is 35.1 Å². The van der Waals surface area contributed by atoms with E-state index >= 15 is 0 Å². The predicted molar refractivity (Wildman–Crippen MR) is 46.5 cm³/mol. The highest BCUT2D eigenvalue weighted by Gasteiger charge is 2.30. The minimum Gasteiger partial charge on any atom is -0.236 e. The molecule has 0 bridgehead atoms. The van der Waals surface area contributed by atoms with Crippen LogP contribution < -0.4 is 0 Å². The second kappa shape index (κ2) is 5.36. The Hall–Kier alpha value is -1.60. The van der Waals surface area contributed by atoms with Crippen molar-refractivity contribution in [3.8, 4) is 0 Å². The van der Waals surface area contributed by atoms with Crippen molar-refractivity contribution >= 4 is 5.83 Å². The molecule has 0 nitrogen and oxygen atoms in total. The summed E-state index contributed by atoms with van der Waals surface area (Å²) in [5.74, 6) is -5.88. The molecule has 8 heteroatoms. The molecule has 1 rings (SSSR count). The van der Waals surface area contributed by atoms with E-state index in [0.717, 1.165) is 0 Å². The Morgan fingerprint density at radius 2 is 1.50 bits per heavy atom. The third-order valence-electron chi connectivity index (χ3n) is 1.99.